The van der Waals surface area contributed by atoms with Crippen LogP contribution in [0.2, 0.25) is 0 Å². The molecule has 2 aromatic heterocycles. The summed E-state index contributed by atoms with van der Waals surface area (Å²) in [6.07, 6.45) is 5.85. The lowest BCUT2D eigenvalue weighted by atomic mass is 10.3. The van der Waals surface area contributed by atoms with Gasteiger partial charge in [-0.15, -0.1) is 0 Å². The molecule has 1 fully saturated rings. The summed E-state index contributed by atoms with van der Waals surface area (Å²) in [5.74, 6) is 3.54. The van der Waals surface area contributed by atoms with Gasteiger partial charge in [0, 0.05) is 18.2 Å². The van der Waals surface area contributed by atoms with Crippen molar-refractivity contribution in [2.75, 3.05) is 12.4 Å². The monoisotopic (exact) mass is 298 g/mol. The Kier molecular flexibility index (Phi) is 3.96. The van der Waals surface area contributed by atoms with Gasteiger partial charge in [0.1, 0.15) is 11.5 Å². The number of hydrogen-bond acceptors (Lipinski definition) is 4. The number of pyridine rings is 1. The first-order chi connectivity index (χ1) is 10.7. The molecule has 0 radical (unpaired) electrons. The summed E-state index contributed by atoms with van der Waals surface area (Å²) in [6.45, 7) is 2.20. The van der Waals surface area contributed by atoms with Crippen LogP contribution in [0.25, 0.3) is 6.08 Å². The minimum absolute atomic E-state index is 0.283. The molecule has 1 amide bonds. The molecule has 1 N–H and O–H groups in total. The van der Waals surface area contributed by atoms with E-state index in [1.165, 1.54) is 19.6 Å². The van der Waals surface area contributed by atoms with Gasteiger partial charge in [-0.3, -0.25) is 4.79 Å². The average Bonchev–Trinajstić information content (AvgIpc) is 3.07. The lowest BCUT2D eigenvalue weighted by molar-refractivity contribution is -0.111. The van der Waals surface area contributed by atoms with Crippen LogP contribution in [0, 0.1) is 5.92 Å². The first-order valence-electron chi connectivity index (χ1n) is 7.25. The number of amides is 1. The van der Waals surface area contributed by atoms with Crippen LogP contribution in [0.3, 0.4) is 0 Å². The van der Waals surface area contributed by atoms with E-state index in [9.17, 15) is 4.79 Å². The highest BCUT2D eigenvalue weighted by Gasteiger charge is 2.36. The summed E-state index contributed by atoms with van der Waals surface area (Å²) in [6, 6.07) is 7.34. The summed E-state index contributed by atoms with van der Waals surface area (Å²) in [4.78, 5) is 16.0. The van der Waals surface area contributed by atoms with Crippen LogP contribution in [0.5, 0.6) is 5.75 Å². The van der Waals surface area contributed by atoms with Gasteiger partial charge in [-0.05, 0) is 42.7 Å². The predicted molar refractivity (Wildman–Crippen MR) is 83.7 cm³/mol. The molecule has 5 nitrogen and oxygen atoms in total. The van der Waals surface area contributed by atoms with Gasteiger partial charge in [-0.1, -0.05) is 6.92 Å². The summed E-state index contributed by atoms with van der Waals surface area (Å²) in [5.41, 5.74) is 0. The first-order valence-corrected chi connectivity index (χ1v) is 7.25. The van der Waals surface area contributed by atoms with Crippen molar-refractivity contribution >= 4 is 17.8 Å². The molecule has 2 atom stereocenters. The Labute approximate surface area is 129 Å². The fourth-order valence-corrected chi connectivity index (χ4v) is 2.34. The number of furan rings is 1. The number of ether oxygens (including phenoxy) is 1. The van der Waals surface area contributed by atoms with Crippen LogP contribution in [0.1, 0.15) is 30.8 Å². The number of carbonyl (C=O) groups excluding carboxylic acids is 1. The van der Waals surface area contributed by atoms with Crippen molar-refractivity contribution in [1.29, 1.82) is 0 Å². The molecule has 0 bridgehead atoms. The molecule has 2 unspecified atom stereocenters. The molecule has 0 spiro atoms. The zero-order valence-electron chi connectivity index (χ0n) is 12.6. The molecule has 114 valence electrons. The fourth-order valence-electron chi connectivity index (χ4n) is 2.34. The number of nitrogens with zero attached hydrogens (tertiary/aromatic N) is 1. The normalized spacial score (nSPS) is 20.1. The van der Waals surface area contributed by atoms with Crippen LogP contribution in [-0.2, 0) is 4.79 Å². The smallest absolute Gasteiger partial charge is 0.249 e. The topological polar surface area (TPSA) is 64.4 Å². The van der Waals surface area contributed by atoms with E-state index >= 15 is 0 Å². The number of nitrogens with one attached hydrogen (secondary N) is 1. The third kappa shape index (κ3) is 3.19. The van der Waals surface area contributed by atoms with Gasteiger partial charge in [-0.2, -0.15) is 0 Å². The minimum Gasteiger partial charge on any atom is -0.493 e. The highest BCUT2D eigenvalue weighted by Crippen LogP contribution is 2.47. The number of hydrogen-bond donors (Lipinski definition) is 1. The first kappa shape index (κ1) is 14.4. The highest BCUT2D eigenvalue weighted by molar-refractivity contribution is 6.01. The van der Waals surface area contributed by atoms with E-state index in [1.807, 2.05) is 12.1 Å². The Hall–Kier alpha value is -2.56. The van der Waals surface area contributed by atoms with Crippen molar-refractivity contribution in [1.82, 2.24) is 4.98 Å². The molecule has 1 aliphatic carbocycles. The van der Waals surface area contributed by atoms with Crippen molar-refractivity contribution in [3.8, 4) is 5.75 Å². The second-order valence-electron chi connectivity index (χ2n) is 5.44. The Morgan fingerprint density at radius 3 is 3.00 bits per heavy atom. The molecule has 1 aliphatic rings. The largest absolute Gasteiger partial charge is 0.493 e. The maximum absolute atomic E-state index is 11.9. The molecule has 22 heavy (non-hydrogen) atoms. The minimum atomic E-state index is -0.283. The molecular weight excluding hydrogens is 280 g/mol. The number of rotatable bonds is 5. The lowest BCUT2D eigenvalue weighted by Crippen LogP contribution is -2.10. The van der Waals surface area contributed by atoms with E-state index in [0.717, 1.165) is 5.76 Å². The van der Waals surface area contributed by atoms with E-state index in [2.05, 4.69) is 17.2 Å². The van der Waals surface area contributed by atoms with Crippen molar-refractivity contribution in [3.05, 3.63) is 48.1 Å². The lowest BCUT2D eigenvalue weighted by Gasteiger charge is -2.06. The number of aromatic nitrogens is 1. The maximum atomic E-state index is 11.9. The van der Waals surface area contributed by atoms with Crippen molar-refractivity contribution in [2.24, 2.45) is 5.92 Å². The number of methoxy groups -OCH3 is 1. The highest BCUT2D eigenvalue weighted by atomic mass is 16.5. The maximum Gasteiger partial charge on any atom is 0.249 e. The quantitative estimate of drug-likeness (QED) is 0.859. The molecule has 2 aromatic rings. The Balaban J connectivity index is 1.62. The molecule has 5 heteroatoms. The van der Waals surface area contributed by atoms with E-state index in [-0.39, 0.29) is 5.91 Å². The molecule has 3 rings (SSSR count). The standard InChI is InChI=1S/C17H18N2O3/c1-11-10-13(11)14-7-5-12(22-14)6-8-16(20)19-17-15(21-2)4-3-9-18-17/h3-9,11,13H,10H2,1-2H3,(H,18,19,20). The summed E-state index contributed by atoms with van der Waals surface area (Å²) in [5, 5.41) is 2.68. The SMILES string of the molecule is COc1cccnc1NC(=O)C=Cc1ccc(C2CC2C)o1. The molecule has 0 aromatic carbocycles. The average molecular weight is 298 g/mol. The second kappa shape index (κ2) is 6.05. The van der Waals surface area contributed by atoms with Gasteiger partial charge in [0.25, 0.3) is 0 Å². The van der Waals surface area contributed by atoms with E-state index in [4.69, 9.17) is 9.15 Å². The summed E-state index contributed by atoms with van der Waals surface area (Å²) < 4.78 is 10.9. The van der Waals surface area contributed by atoms with Crippen LogP contribution in [-0.4, -0.2) is 18.0 Å². The van der Waals surface area contributed by atoms with E-state index < -0.39 is 0 Å². The third-order valence-electron chi connectivity index (χ3n) is 3.75. The van der Waals surface area contributed by atoms with Crippen LogP contribution in [0.4, 0.5) is 5.82 Å². The van der Waals surface area contributed by atoms with Crippen LogP contribution >= 0.6 is 0 Å². The van der Waals surface area contributed by atoms with Crippen LogP contribution in [0.15, 0.2) is 41.0 Å². The number of anilines is 1. The van der Waals surface area contributed by atoms with Crippen LogP contribution < -0.4 is 10.1 Å². The van der Waals surface area contributed by atoms with Crippen molar-refractivity contribution in [3.63, 3.8) is 0 Å². The van der Waals surface area contributed by atoms with Gasteiger partial charge >= 0.3 is 0 Å². The van der Waals surface area contributed by atoms with Gasteiger partial charge in [0.2, 0.25) is 5.91 Å². The summed E-state index contributed by atoms with van der Waals surface area (Å²) in [7, 11) is 1.53. The predicted octanol–water partition coefficient (Wildman–Crippen LogP) is 3.46. The zero-order chi connectivity index (χ0) is 15.5. The Bertz CT molecular complexity index is 705. The summed E-state index contributed by atoms with van der Waals surface area (Å²) >= 11 is 0. The number of carbonyl (C=O) groups is 1. The van der Waals surface area contributed by atoms with Gasteiger partial charge in [0.15, 0.2) is 11.6 Å². The molecule has 0 saturated heterocycles. The zero-order valence-corrected chi connectivity index (χ0v) is 12.6. The second-order valence-corrected chi connectivity index (χ2v) is 5.44. The Morgan fingerprint density at radius 2 is 2.27 bits per heavy atom. The molecular formula is C17H18N2O3. The molecule has 0 aliphatic heterocycles. The molecule has 1 saturated carbocycles. The van der Waals surface area contributed by atoms with E-state index in [0.29, 0.717) is 29.2 Å². The van der Waals surface area contributed by atoms with Gasteiger partial charge in [-0.25, -0.2) is 4.98 Å². The Morgan fingerprint density at radius 1 is 1.45 bits per heavy atom. The molecule has 2 heterocycles. The van der Waals surface area contributed by atoms with E-state index in [1.54, 1.807) is 24.4 Å². The van der Waals surface area contributed by atoms with Gasteiger partial charge < -0.3 is 14.5 Å². The van der Waals surface area contributed by atoms with Crippen molar-refractivity contribution < 1.29 is 13.9 Å². The third-order valence-corrected chi connectivity index (χ3v) is 3.75. The van der Waals surface area contributed by atoms with Crippen molar-refractivity contribution in [2.45, 2.75) is 19.3 Å². The fraction of sp³-hybridized carbons (Fsp3) is 0.294. The van der Waals surface area contributed by atoms with Gasteiger partial charge in [0.05, 0.1) is 7.11 Å².